The summed E-state index contributed by atoms with van der Waals surface area (Å²) in [5, 5.41) is 5.71. The molecule has 0 atom stereocenters. The third kappa shape index (κ3) is 4.13. The molecule has 1 nitrogen and oxygen atoms in total. The van der Waals surface area contributed by atoms with Gasteiger partial charge in [-0.1, -0.05) is 97.3 Å². The second-order valence-electron chi connectivity index (χ2n) is 10.9. The lowest BCUT2D eigenvalue weighted by molar-refractivity contribution is -0.665. The molecule has 0 radical (unpaired) electrons. The van der Waals surface area contributed by atoms with Crippen LogP contribution in [0.5, 0.6) is 0 Å². The molecule has 3 aromatic carbocycles. The predicted molar refractivity (Wildman–Crippen MR) is 149 cm³/mol. The molecule has 0 aliphatic heterocycles. The van der Waals surface area contributed by atoms with Crippen molar-refractivity contribution in [2.45, 2.75) is 65.0 Å². The molecule has 2 heteroatoms. The number of hydrogen-bond donors (Lipinski definition) is 0. The Bertz CT molecular complexity index is 1330. The normalized spacial score (nSPS) is 15.1. The molecule has 4 aromatic rings. The maximum atomic E-state index is 2.51. The molecule has 1 aromatic heterocycles. The fourth-order valence-electron chi connectivity index (χ4n) is 5.90. The van der Waals surface area contributed by atoms with Crippen molar-refractivity contribution in [1.82, 2.24) is 0 Å². The van der Waals surface area contributed by atoms with Crippen molar-refractivity contribution in [3.05, 3.63) is 89.6 Å². The molecule has 0 N–H and O–H groups in total. The number of nitrogens with zero attached hydrogens (tertiary/aromatic N) is 1. The maximum Gasteiger partial charge on any atom is 0.220 e. The Morgan fingerprint density at radius 2 is 1.50 bits per heavy atom. The average molecular weight is 465 g/mol. The highest BCUT2D eigenvalue weighted by Crippen LogP contribution is 2.36. The molecule has 0 bridgehead atoms. The summed E-state index contributed by atoms with van der Waals surface area (Å²) in [7, 11) is 0.480. The van der Waals surface area contributed by atoms with Crippen LogP contribution in [0.1, 0.15) is 54.8 Å². The zero-order chi connectivity index (χ0) is 23.9. The maximum absolute atomic E-state index is 2.51. The van der Waals surface area contributed by atoms with Crippen molar-refractivity contribution in [2.24, 2.45) is 7.05 Å². The molecule has 0 saturated heterocycles. The highest BCUT2D eigenvalue weighted by molar-refractivity contribution is 7.00. The standard InChI is InChI=1S/C32H38NSi/c1-23-16-17-26(25-12-8-6-9-13-25)22-31(23)32-30-19-18-29(21-27(30)20-24(2)33(32)3)34(4,5)28-14-10-7-11-15-28/h7,10-11,14-22,25H,6,8-9,12-13H2,1-5H3/q+1. The van der Waals surface area contributed by atoms with E-state index in [1.54, 1.807) is 0 Å². The summed E-state index contributed by atoms with van der Waals surface area (Å²) in [5.74, 6) is 0.721. The van der Waals surface area contributed by atoms with Crippen LogP contribution < -0.4 is 14.9 Å². The summed E-state index contributed by atoms with van der Waals surface area (Å²) >= 11 is 0. The molecule has 0 unspecified atom stereocenters. The number of pyridine rings is 1. The van der Waals surface area contributed by atoms with Gasteiger partial charge in [-0.3, -0.25) is 0 Å². The molecular weight excluding hydrogens is 426 g/mol. The lowest BCUT2D eigenvalue weighted by atomic mass is 9.82. The van der Waals surface area contributed by atoms with Gasteiger partial charge in [-0.15, -0.1) is 0 Å². The molecule has 0 spiro atoms. The SMILES string of the molecule is Cc1ccc(C2CCCCC2)cc1-c1c2ccc([Si](C)(C)c3ccccc3)cc2cc(C)[n+]1C. The van der Waals surface area contributed by atoms with Gasteiger partial charge in [0.2, 0.25) is 5.69 Å². The molecule has 174 valence electrons. The molecule has 0 amide bonds. The number of rotatable bonds is 4. The lowest BCUT2D eigenvalue weighted by Gasteiger charge is -2.24. The molecule has 1 saturated carbocycles. The molecular formula is C32H38NSi+. The van der Waals surface area contributed by atoms with Gasteiger partial charge in [0.05, 0.1) is 5.39 Å². The largest absolute Gasteiger partial charge is 0.220 e. The van der Waals surface area contributed by atoms with Crippen LogP contribution in [0.4, 0.5) is 0 Å². The topological polar surface area (TPSA) is 3.88 Å². The average Bonchev–Trinajstić information content (AvgIpc) is 2.86. The Morgan fingerprint density at radius 1 is 0.765 bits per heavy atom. The Hall–Kier alpha value is -2.71. The first-order valence-corrected chi connectivity index (χ1v) is 16.0. The van der Waals surface area contributed by atoms with Crippen LogP contribution in [-0.2, 0) is 7.05 Å². The highest BCUT2D eigenvalue weighted by atomic mass is 28.3. The second kappa shape index (κ2) is 9.15. The quantitative estimate of drug-likeness (QED) is 0.230. The van der Waals surface area contributed by atoms with E-state index < -0.39 is 8.07 Å². The zero-order valence-electron chi connectivity index (χ0n) is 21.5. The van der Waals surface area contributed by atoms with Crippen LogP contribution in [-0.4, -0.2) is 8.07 Å². The summed E-state index contributed by atoms with van der Waals surface area (Å²) in [6, 6.07) is 28.0. The molecule has 1 aliphatic rings. The first-order chi connectivity index (χ1) is 16.4. The molecule has 1 aliphatic carbocycles. The fourth-order valence-corrected chi connectivity index (χ4v) is 8.27. The Morgan fingerprint density at radius 3 is 2.24 bits per heavy atom. The van der Waals surface area contributed by atoms with E-state index in [-0.39, 0.29) is 0 Å². The predicted octanol–water partition coefficient (Wildman–Crippen LogP) is 6.82. The number of fused-ring (bicyclic) bond motifs is 1. The van der Waals surface area contributed by atoms with Crippen LogP contribution in [0, 0.1) is 13.8 Å². The van der Waals surface area contributed by atoms with Gasteiger partial charge in [-0.2, -0.15) is 4.57 Å². The van der Waals surface area contributed by atoms with E-state index in [0.717, 1.165) is 5.92 Å². The fraction of sp³-hybridized carbons (Fsp3) is 0.344. The highest BCUT2D eigenvalue weighted by Gasteiger charge is 2.28. The monoisotopic (exact) mass is 464 g/mol. The molecule has 34 heavy (non-hydrogen) atoms. The zero-order valence-corrected chi connectivity index (χ0v) is 22.5. The summed E-state index contributed by atoms with van der Waals surface area (Å²) in [5.41, 5.74) is 6.96. The summed E-state index contributed by atoms with van der Waals surface area (Å²) in [6.45, 7) is 9.46. The van der Waals surface area contributed by atoms with Crippen LogP contribution in [0.15, 0.2) is 72.8 Å². The van der Waals surface area contributed by atoms with E-state index in [2.05, 4.69) is 111 Å². The molecule has 1 fully saturated rings. The van der Waals surface area contributed by atoms with Gasteiger partial charge in [0.25, 0.3) is 0 Å². The number of aryl methyl sites for hydroxylation is 2. The van der Waals surface area contributed by atoms with Crippen LogP contribution in [0.25, 0.3) is 22.0 Å². The van der Waals surface area contributed by atoms with E-state index in [1.165, 1.54) is 81.3 Å². The lowest BCUT2D eigenvalue weighted by Crippen LogP contribution is -2.52. The Balaban J connectivity index is 1.66. The van der Waals surface area contributed by atoms with Gasteiger partial charge in [0.1, 0.15) is 15.1 Å². The van der Waals surface area contributed by atoms with E-state index in [1.807, 2.05) is 0 Å². The van der Waals surface area contributed by atoms with Gasteiger partial charge in [-0.25, -0.2) is 0 Å². The van der Waals surface area contributed by atoms with Crippen LogP contribution in [0.2, 0.25) is 13.1 Å². The summed E-state index contributed by atoms with van der Waals surface area (Å²) in [6.07, 6.45) is 6.83. The van der Waals surface area contributed by atoms with Crippen molar-refractivity contribution in [2.75, 3.05) is 0 Å². The van der Waals surface area contributed by atoms with Crippen molar-refractivity contribution >= 4 is 29.2 Å². The first kappa shape index (κ1) is 23.0. The van der Waals surface area contributed by atoms with E-state index in [0.29, 0.717) is 0 Å². The van der Waals surface area contributed by atoms with Crippen molar-refractivity contribution < 1.29 is 4.57 Å². The third-order valence-corrected chi connectivity index (χ3v) is 11.9. The van der Waals surface area contributed by atoms with E-state index in [4.69, 9.17) is 0 Å². The smallest absolute Gasteiger partial charge is 0.198 e. The van der Waals surface area contributed by atoms with E-state index in [9.17, 15) is 0 Å². The Kier molecular flexibility index (Phi) is 6.20. The van der Waals surface area contributed by atoms with Gasteiger partial charge in [0, 0.05) is 18.6 Å². The van der Waals surface area contributed by atoms with Crippen molar-refractivity contribution in [1.29, 1.82) is 0 Å². The van der Waals surface area contributed by atoms with Crippen LogP contribution >= 0.6 is 0 Å². The van der Waals surface area contributed by atoms with Crippen molar-refractivity contribution in [3.63, 3.8) is 0 Å². The summed E-state index contributed by atoms with van der Waals surface area (Å²) < 4.78 is 2.40. The number of hydrogen-bond acceptors (Lipinski definition) is 0. The third-order valence-electron chi connectivity index (χ3n) is 8.35. The molecule has 5 rings (SSSR count). The summed E-state index contributed by atoms with van der Waals surface area (Å²) in [4.78, 5) is 0. The van der Waals surface area contributed by atoms with Crippen molar-refractivity contribution in [3.8, 4) is 11.3 Å². The molecule has 1 heterocycles. The minimum atomic E-state index is -1.75. The van der Waals surface area contributed by atoms with Gasteiger partial charge in [-0.05, 0) is 54.3 Å². The van der Waals surface area contributed by atoms with Gasteiger partial charge < -0.3 is 0 Å². The van der Waals surface area contributed by atoms with Gasteiger partial charge in [0.15, 0.2) is 5.69 Å². The number of benzene rings is 3. The van der Waals surface area contributed by atoms with Gasteiger partial charge >= 0.3 is 0 Å². The minimum Gasteiger partial charge on any atom is -0.198 e. The minimum absolute atomic E-state index is 0.721. The Labute approximate surface area is 206 Å². The van der Waals surface area contributed by atoms with Crippen LogP contribution in [0.3, 0.4) is 0 Å². The second-order valence-corrected chi connectivity index (χ2v) is 15.3. The first-order valence-electron chi connectivity index (χ1n) is 13.0. The van der Waals surface area contributed by atoms with E-state index >= 15 is 0 Å². The number of aromatic nitrogens is 1.